The van der Waals surface area contributed by atoms with E-state index in [4.69, 9.17) is 0 Å². The minimum absolute atomic E-state index is 0.298. The van der Waals surface area contributed by atoms with Gasteiger partial charge in [-0.2, -0.15) is 10.2 Å². The van der Waals surface area contributed by atoms with Crippen molar-refractivity contribution < 1.29 is 33.7 Å². The predicted molar refractivity (Wildman–Crippen MR) is 127 cm³/mol. The molecule has 0 aromatic carbocycles. The zero-order chi connectivity index (χ0) is 24.6. The highest BCUT2D eigenvalue weighted by atomic mass is 32.2. The van der Waals surface area contributed by atoms with Crippen LogP contribution in [0.3, 0.4) is 0 Å². The molecule has 2 N–H and O–H groups in total. The summed E-state index contributed by atoms with van der Waals surface area (Å²) < 4.78 is 96.5. The number of hydrazone groups is 2. The zero-order valence-electron chi connectivity index (χ0n) is 18.3. The van der Waals surface area contributed by atoms with Crippen molar-refractivity contribution in [2.75, 3.05) is 11.5 Å². The SMILES string of the molecule is O=S(=O)(C=NNS(=O)(=O)C1CCCCC1)CCCS(=O)(=O)C=NNS(=O)(=O)C1CCCCC1. The summed E-state index contributed by atoms with van der Waals surface area (Å²) in [6.45, 7) is 0. The van der Waals surface area contributed by atoms with E-state index in [1.807, 2.05) is 9.66 Å². The molecule has 2 aliphatic carbocycles. The maximum absolute atomic E-state index is 12.1. The van der Waals surface area contributed by atoms with Gasteiger partial charge in [-0.25, -0.2) is 43.3 Å². The van der Waals surface area contributed by atoms with Crippen molar-refractivity contribution in [2.24, 2.45) is 10.2 Å². The van der Waals surface area contributed by atoms with E-state index in [0.717, 1.165) is 38.5 Å². The minimum atomic E-state index is -3.95. The quantitative estimate of drug-likeness (QED) is 0.201. The molecule has 0 unspecified atom stereocenters. The van der Waals surface area contributed by atoms with Crippen LogP contribution in [0, 0.1) is 0 Å². The van der Waals surface area contributed by atoms with Crippen LogP contribution in [0.15, 0.2) is 10.2 Å². The Morgan fingerprint density at radius 1 is 0.576 bits per heavy atom. The molecule has 0 radical (unpaired) electrons. The summed E-state index contributed by atoms with van der Waals surface area (Å²) in [5.74, 6) is -1.16. The lowest BCUT2D eigenvalue weighted by molar-refractivity contribution is 0.478. The van der Waals surface area contributed by atoms with Crippen molar-refractivity contribution in [1.82, 2.24) is 9.66 Å². The van der Waals surface area contributed by atoms with Gasteiger partial charge in [0.05, 0.1) is 22.0 Å². The molecule has 192 valence electrons. The van der Waals surface area contributed by atoms with Gasteiger partial charge in [0.2, 0.25) is 20.0 Å². The third kappa shape index (κ3) is 9.86. The molecule has 2 fully saturated rings. The molecule has 2 saturated carbocycles. The summed E-state index contributed by atoms with van der Waals surface area (Å²) in [5, 5.41) is 5.43. The minimum Gasteiger partial charge on any atom is -0.223 e. The van der Waals surface area contributed by atoms with E-state index in [-0.39, 0.29) is 6.42 Å². The summed E-state index contributed by atoms with van der Waals surface area (Å²) in [6, 6.07) is 0. The first-order valence-electron chi connectivity index (χ1n) is 10.9. The van der Waals surface area contributed by atoms with Gasteiger partial charge in [0.15, 0.2) is 19.7 Å². The summed E-state index contributed by atoms with van der Waals surface area (Å²) in [4.78, 5) is 3.84. The lowest BCUT2D eigenvalue weighted by atomic mass is 10.0. The summed E-state index contributed by atoms with van der Waals surface area (Å²) in [6.07, 6.45) is 6.74. The second kappa shape index (κ2) is 11.9. The maximum Gasteiger partial charge on any atom is 0.250 e. The second-order valence-corrected chi connectivity index (χ2v) is 16.1. The van der Waals surface area contributed by atoms with Crippen LogP contribution in [0.25, 0.3) is 0 Å². The third-order valence-corrected chi connectivity index (χ3v) is 11.6. The number of nitrogens with one attached hydrogen (secondary N) is 2. The monoisotopic (exact) mass is 548 g/mol. The molecule has 0 atom stereocenters. The van der Waals surface area contributed by atoms with Crippen LogP contribution in [0.2, 0.25) is 0 Å². The van der Waals surface area contributed by atoms with Crippen molar-refractivity contribution in [1.29, 1.82) is 0 Å². The van der Waals surface area contributed by atoms with Crippen molar-refractivity contribution in [3.8, 4) is 0 Å². The molecule has 0 bridgehead atoms. The standard InChI is InChI=1S/C17H32N4O8S4/c22-30(23,14-18-20-32(26,27)16-8-3-1-4-9-16)12-7-13-31(24,25)15-19-21-33(28,29)17-10-5-2-6-11-17/h14-17,20-21H,1-13H2. The van der Waals surface area contributed by atoms with Crippen LogP contribution in [-0.4, -0.2) is 66.8 Å². The molecular weight excluding hydrogens is 516 g/mol. The van der Waals surface area contributed by atoms with Gasteiger partial charge in [0.1, 0.15) is 11.1 Å². The van der Waals surface area contributed by atoms with E-state index in [1.54, 1.807) is 0 Å². The Morgan fingerprint density at radius 2 is 0.909 bits per heavy atom. The summed E-state index contributed by atoms with van der Waals surface area (Å²) in [5.41, 5.74) is 0.929. The molecule has 0 heterocycles. The molecule has 0 aliphatic heterocycles. The fraction of sp³-hybridized carbons (Fsp3) is 0.882. The van der Waals surface area contributed by atoms with E-state index in [2.05, 4.69) is 10.2 Å². The van der Waals surface area contributed by atoms with Gasteiger partial charge in [-0.05, 0) is 32.1 Å². The van der Waals surface area contributed by atoms with Crippen molar-refractivity contribution >= 4 is 50.8 Å². The number of nitrogens with zero attached hydrogens (tertiary/aromatic N) is 2. The largest absolute Gasteiger partial charge is 0.250 e. The van der Waals surface area contributed by atoms with Gasteiger partial charge in [0.25, 0.3) is 0 Å². The average molecular weight is 549 g/mol. The van der Waals surface area contributed by atoms with E-state index in [0.29, 0.717) is 36.8 Å². The molecule has 2 aliphatic rings. The van der Waals surface area contributed by atoms with Gasteiger partial charge in [0, 0.05) is 0 Å². The Labute approximate surface area is 196 Å². The van der Waals surface area contributed by atoms with Crippen LogP contribution >= 0.6 is 0 Å². The number of sulfonamides is 2. The van der Waals surface area contributed by atoms with Crippen molar-refractivity contribution in [3.63, 3.8) is 0 Å². The maximum atomic E-state index is 12.1. The molecule has 12 nitrogen and oxygen atoms in total. The van der Waals surface area contributed by atoms with Gasteiger partial charge in [-0.1, -0.05) is 38.5 Å². The Hall–Kier alpha value is -1.26. The van der Waals surface area contributed by atoms with Crippen LogP contribution in [0.5, 0.6) is 0 Å². The molecule has 2 rings (SSSR count). The van der Waals surface area contributed by atoms with Gasteiger partial charge in [-0.15, -0.1) is 0 Å². The fourth-order valence-corrected chi connectivity index (χ4v) is 8.47. The average Bonchev–Trinajstić information content (AvgIpc) is 2.74. The molecule has 0 amide bonds. The molecule has 0 saturated heterocycles. The predicted octanol–water partition coefficient (Wildman–Crippen LogP) is 0.597. The second-order valence-electron chi connectivity index (χ2n) is 8.35. The Kier molecular flexibility index (Phi) is 10.1. The molecule has 0 aromatic rings. The summed E-state index contributed by atoms with van der Waals surface area (Å²) >= 11 is 0. The van der Waals surface area contributed by atoms with E-state index in [9.17, 15) is 33.7 Å². The first kappa shape index (κ1) is 28.0. The van der Waals surface area contributed by atoms with Gasteiger partial charge >= 0.3 is 0 Å². The molecule has 33 heavy (non-hydrogen) atoms. The van der Waals surface area contributed by atoms with Crippen LogP contribution < -0.4 is 9.66 Å². The first-order valence-corrected chi connectivity index (χ1v) is 17.4. The molecule has 0 spiro atoms. The number of sulfone groups is 2. The van der Waals surface area contributed by atoms with Crippen LogP contribution in [0.4, 0.5) is 0 Å². The lowest BCUT2D eigenvalue weighted by Crippen LogP contribution is -2.33. The number of hydrogen-bond donors (Lipinski definition) is 2. The topological polar surface area (TPSA) is 185 Å². The van der Waals surface area contributed by atoms with E-state index < -0.39 is 61.7 Å². The van der Waals surface area contributed by atoms with Crippen LogP contribution in [0.1, 0.15) is 70.6 Å². The highest BCUT2D eigenvalue weighted by Gasteiger charge is 2.28. The number of rotatable bonds is 12. The number of hydrogen-bond acceptors (Lipinski definition) is 10. The Morgan fingerprint density at radius 3 is 1.24 bits per heavy atom. The van der Waals surface area contributed by atoms with E-state index in [1.165, 1.54) is 0 Å². The molecule has 16 heteroatoms. The highest BCUT2D eigenvalue weighted by molar-refractivity contribution is 8.05. The van der Waals surface area contributed by atoms with Crippen LogP contribution in [-0.2, 0) is 39.7 Å². The summed E-state index contributed by atoms with van der Waals surface area (Å²) in [7, 11) is -15.4. The smallest absolute Gasteiger partial charge is 0.223 e. The van der Waals surface area contributed by atoms with Gasteiger partial charge in [-0.3, -0.25) is 0 Å². The lowest BCUT2D eigenvalue weighted by Gasteiger charge is -2.20. The fourth-order valence-electron chi connectivity index (χ4n) is 3.82. The zero-order valence-corrected chi connectivity index (χ0v) is 21.6. The third-order valence-electron chi connectivity index (χ3n) is 5.63. The first-order chi connectivity index (χ1) is 15.3. The molecular formula is C17H32N4O8S4. The van der Waals surface area contributed by atoms with Gasteiger partial charge < -0.3 is 0 Å². The Balaban J connectivity index is 1.79. The highest BCUT2D eigenvalue weighted by Crippen LogP contribution is 2.23. The van der Waals surface area contributed by atoms with Crippen molar-refractivity contribution in [2.45, 2.75) is 81.1 Å². The Bertz CT molecular complexity index is 1030. The molecule has 0 aromatic heterocycles. The van der Waals surface area contributed by atoms with Crippen molar-refractivity contribution in [3.05, 3.63) is 0 Å². The van der Waals surface area contributed by atoms with E-state index >= 15 is 0 Å². The normalized spacial score (nSPS) is 20.4.